The van der Waals surface area contributed by atoms with E-state index < -0.39 is 0 Å². The summed E-state index contributed by atoms with van der Waals surface area (Å²) in [7, 11) is 0. The van der Waals surface area contributed by atoms with Gasteiger partial charge in [0, 0.05) is 29.7 Å². The SMILES string of the molecule is CC(C)NCCc1nc(-c2ncccc2Br)no1. The zero-order valence-electron chi connectivity index (χ0n) is 10.4. The lowest BCUT2D eigenvalue weighted by atomic mass is 10.3. The Labute approximate surface area is 114 Å². The molecule has 0 aliphatic heterocycles. The summed E-state index contributed by atoms with van der Waals surface area (Å²) in [5.41, 5.74) is 0.698. The van der Waals surface area contributed by atoms with Crippen molar-refractivity contribution in [2.75, 3.05) is 6.54 Å². The number of nitrogens with zero attached hydrogens (tertiary/aromatic N) is 3. The first-order valence-corrected chi connectivity index (χ1v) is 6.63. The molecule has 0 aromatic carbocycles. The fourth-order valence-corrected chi connectivity index (χ4v) is 1.90. The van der Waals surface area contributed by atoms with Crippen LogP contribution in [0.25, 0.3) is 11.5 Å². The highest BCUT2D eigenvalue weighted by molar-refractivity contribution is 9.10. The molecule has 1 N–H and O–H groups in total. The molecule has 0 aliphatic carbocycles. The summed E-state index contributed by atoms with van der Waals surface area (Å²) in [6.07, 6.45) is 2.42. The number of hydrogen-bond donors (Lipinski definition) is 1. The van der Waals surface area contributed by atoms with Crippen molar-refractivity contribution in [2.45, 2.75) is 26.3 Å². The molecule has 0 atom stereocenters. The Morgan fingerprint density at radius 2 is 2.28 bits per heavy atom. The molecule has 0 amide bonds. The molecule has 0 saturated heterocycles. The van der Waals surface area contributed by atoms with E-state index in [1.807, 2.05) is 12.1 Å². The minimum Gasteiger partial charge on any atom is -0.339 e. The fraction of sp³-hybridized carbons (Fsp3) is 0.417. The van der Waals surface area contributed by atoms with Crippen LogP contribution in [-0.4, -0.2) is 27.7 Å². The standard InChI is InChI=1S/C12H15BrN4O/c1-8(2)14-7-5-10-16-12(17-18-10)11-9(13)4-3-6-15-11/h3-4,6,8,14H,5,7H2,1-2H3. The van der Waals surface area contributed by atoms with Crippen LogP contribution in [0.3, 0.4) is 0 Å². The highest BCUT2D eigenvalue weighted by Crippen LogP contribution is 2.22. The van der Waals surface area contributed by atoms with E-state index in [4.69, 9.17) is 4.52 Å². The summed E-state index contributed by atoms with van der Waals surface area (Å²) in [6.45, 7) is 5.02. The summed E-state index contributed by atoms with van der Waals surface area (Å²) in [4.78, 5) is 8.55. The topological polar surface area (TPSA) is 63.8 Å². The monoisotopic (exact) mass is 310 g/mol. The molecule has 2 rings (SSSR count). The van der Waals surface area contributed by atoms with E-state index in [-0.39, 0.29) is 0 Å². The zero-order valence-corrected chi connectivity index (χ0v) is 11.9. The molecule has 0 spiro atoms. The maximum Gasteiger partial charge on any atom is 0.228 e. The molecule has 96 valence electrons. The third-order valence-electron chi connectivity index (χ3n) is 2.33. The average Bonchev–Trinajstić information content (AvgIpc) is 2.78. The number of hydrogen-bond acceptors (Lipinski definition) is 5. The maximum absolute atomic E-state index is 5.19. The number of aromatic nitrogens is 3. The van der Waals surface area contributed by atoms with Gasteiger partial charge in [-0.2, -0.15) is 4.98 Å². The number of pyridine rings is 1. The highest BCUT2D eigenvalue weighted by Gasteiger charge is 2.12. The van der Waals surface area contributed by atoms with Gasteiger partial charge in [-0.3, -0.25) is 4.98 Å². The zero-order chi connectivity index (χ0) is 13.0. The Bertz CT molecular complexity index is 512. The maximum atomic E-state index is 5.19. The molecule has 0 radical (unpaired) electrons. The second-order valence-corrected chi connectivity index (χ2v) is 5.06. The molecule has 2 aromatic heterocycles. The van der Waals surface area contributed by atoms with E-state index in [1.165, 1.54) is 0 Å². The van der Waals surface area contributed by atoms with Gasteiger partial charge in [-0.15, -0.1) is 0 Å². The minimum atomic E-state index is 0.456. The first-order valence-electron chi connectivity index (χ1n) is 5.83. The van der Waals surface area contributed by atoms with Crippen LogP contribution in [0.1, 0.15) is 19.7 Å². The van der Waals surface area contributed by atoms with Gasteiger partial charge in [-0.1, -0.05) is 19.0 Å². The van der Waals surface area contributed by atoms with Crippen LogP contribution in [0.2, 0.25) is 0 Å². The van der Waals surface area contributed by atoms with E-state index in [2.05, 4.69) is 50.2 Å². The molecular weight excluding hydrogens is 296 g/mol. The van der Waals surface area contributed by atoms with Gasteiger partial charge in [0.05, 0.1) is 0 Å². The molecule has 0 aliphatic rings. The van der Waals surface area contributed by atoms with Crippen LogP contribution in [0.5, 0.6) is 0 Å². The smallest absolute Gasteiger partial charge is 0.228 e. The van der Waals surface area contributed by atoms with Crippen molar-refractivity contribution in [1.29, 1.82) is 0 Å². The fourth-order valence-electron chi connectivity index (χ4n) is 1.47. The van der Waals surface area contributed by atoms with Crippen LogP contribution < -0.4 is 5.32 Å². The van der Waals surface area contributed by atoms with Gasteiger partial charge >= 0.3 is 0 Å². The van der Waals surface area contributed by atoms with E-state index >= 15 is 0 Å². The number of nitrogens with one attached hydrogen (secondary N) is 1. The van der Waals surface area contributed by atoms with Crippen LogP contribution >= 0.6 is 15.9 Å². The van der Waals surface area contributed by atoms with Crippen molar-refractivity contribution < 1.29 is 4.52 Å². The van der Waals surface area contributed by atoms with E-state index in [1.54, 1.807) is 6.20 Å². The van der Waals surface area contributed by atoms with Crippen LogP contribution in [0, 0.1) is 0 Å². The first-order chi connectivity index (χ1) is 8.66. The highest BCUT2D eigenvalue weighted by atomic mass is 79.9. The van der Waals surface area contributed by atoms with Gasteiger partial charge < -0.3 is 9.84 Å². The first kappa shape index (κ1) is 13.2. The second kappa shape index (κ2) is 6.06. The van der Waals surface area contributed by atoms with Crippen molar-refractivity contribution >= 4 is 15.9 Å². The van der Waals surface area contributed by atoms with Gasteiger partial charge in [0.2, 0.25) is 11.7 Å². The van der Waals surface area contributed by atoms with E-state index in [0.717, 1.165) is 17.4 Å². The van der Waals surface area contributed by atoms with Gasteiger partial charge in [0.25, 0.3) is 0 Å². The molecule has 5 nitrogen and oxygen atoms in total. The lowest BCUT2D eigenvalue weighted by Crippen LogP contribution is -2.25. The predicted molar refractivity (Wildman–Crippen MR) is 72.1 cm³/mol. The third-order valence-corrected chi connectivity index (χ3v) is 2.97. The molecule has 0 bridgehead atoms. The molecule has 6 heteroatoms. The van der Waals surface area contributed by atoms with Crippen molar-refractivity contribution in [2.24, 2.45) is 0 Å². The predicted octanol–water partition coefficient (Wildman–Crippen LogP) is 2.43. The summed E-state index contributed by atoms with van der Waals surface area (Å²) in [5, 5.41) is 7.24. The van der Waals surface area contributed by atoms with Crippen LogP contribution in [-0.2, 0) is 6.42 Å². The number of rotatable bonds is 5. The Morgan fingerprint density at radius 3 is 3.00 bits per heavy atom. The molecule has 0 fully saturated rings. The lowest BCUT2D eigenvalue weighted by molar-refractivity contribution is 0.374. The van der Waals surface area contributed by atoms with Crippen molar-refractivity contribution in [3.63, 3.8) is 0 Å². The van der Waals surface area contributed by atoms with Gasteiger partial charge in [0.1, 0.15) is 5.69 Å². The largest absolute Gasteiger partial charge is 0.339 e. The van der Waals surface area contributed by atoms with Crippen LogP contribution in [0.4, 0.5) is 0 Å². The Morgan fingerprint density at radius 1 is 1.44 bits per heavy atom. The molecule has 2 heterocycles. The van der Waals surface area contributed by atoms with Crippen molar-refractivity contribution in [3.05, 3.63) is 28.7 Å². The average molecular weight is 311 g/mol. The van der Waals surface area contributed by atoms with Gasteiger partial charge in [0.15, 0.2) is 0 Å². The Kier molecular flexibility index (Phi) is 4.43. The normalized spacial score (nSPS) is 11.1. The quantitative estimate of drug-likeness (QED) is 0.919. The summed E-state index contributed by atoms with van der Waals surface area (Å²) < 4.78 is 6.05. The van der Waals surface area contributed by atoms with E-state index in [9.17, 15) is 0 Å². The van der Waals surface area contributed by atoms with Crippen molar-refractivity contribution in [3.8, 4) is 11.5 Å². The summed E-state index contributed by atoms with van der Waals surface area (Å²) in [5.74, 6) is 1.14. The minimum absolute atomic E-state index is 0.456. The van der Waals surface area contributed by atoms with Gasteiger partial charge in [-0.05, 0) is 28.1 Å². The molecule has 0 saturated carbocycles. The lowest BCUT2D eigenvalue weighted by Gasteiger charge is -2.04. The van der Waals surface area contributed by atoms with Crippen molar-refractivity contribution in [1.82, 2.24) is 20.4 Å². The number of halogens is 1. The molecular formula is C12H15BrN4O. The Balaban J connectivity index is 2.04. The third kappa shape index (κ3) is 3.36. The van der Waals surface area contributed by atoms with E-state index in [0.29, 0.717) is 23.5 Å². The summed E-state index contributed by atoms with van der Waals surface area (Å²) in [6, 6.07) is 4.21. The van der Waals surface area contributed by atoms with Crippen LogP contribution in [0.15, 0.2) is 27.3 Å². The van der Waals surface area contributed by atoms with Gasteiger partial charge in [-0.25, -0.2) is 0 Å². The molecule has 2 aromatic rings. The summed E-state index contributed by atoms with van der Waals surface area (Å²) >= 11 is 3.42. The molecule has 18 heavy (non-hydrogen) atoms. The molecule has 0 unspecified atom stereocenters. The second-order valence-electron chi connectivity index (χ2n) is 4.20. The Hall–Kier alpha value is -1.27.